The van der Waals surface area contributed by atoms with Crippen LogP contribution in [0.15, 0.2) is 0 Å². The summed E-state index contributed by atoms with van der Waals surface area (Å²) >= 11 is 0. The van der Waals surface area contributed by atoms with Gasteiger partial charge in [-0.05, 0) is 26.2 Å². The molecular formula is C9H22N2O2S. The van der Waals surface area contributed by atoms with Crippen molar-refractivity contribution in [2.75, 3.05) is 13.6 Å². The quantitative estimate of drug-likeness (QED) is 0.647. The highest BCUT2D eigenvalue weighted by Crippen LogP contribution is 2.17. The normalized spacial score (nSPS) is 15.1. The Labute approximate surface area is 88.6 Å². The molecule has 2 N–H and O–H groups in total. The largest absolute Gasteiger partial charge is 0.326 e. The third kappa shape index (κ3) is 6.34. The van der Waals surface area contributed by atoms with E-state index in [0.717, 1.165) is 12.8 Å². The molecule has 0 aliphatic carbocycles. The monoisotopic (exact) mass is 222 g/mol. The molecule has 86 valence electrons. The Morgan fingerprint density at radius 1 is 1.43 bits per heavy atom. The summed E-state index contributed by atoms with van der Waals surface area (Å²) in [5.41, 5.74) is 5.67. The third-order valence-electron chi connectivity index (χ3n) is 2.19. The van der Waals surface area contributed by atoms with E-state index in [4.69, 9.17) is 5.73 Å². The highest BCUT2D eigenvalue weighted by atomic mass is 32.2. The summed E-state index contributed by atoms with van der Waals surface area (Å²) in [6.07, 6.45) is 1.80. The van der Waals surface area contributed by atoms with Crippen LogP contribution in [-0.4, -0.2) is 31.9 Å². The highest BCUT2D eigenvalue weighted by molar-refractivity contribution is 7.69. The van der Waals surface area contributed by atoms with E-state index in [1.54, 1.807) is 7.05 Å². The van der Waals surface area contributed by atoms with Crippen LogP contribution in [0.4, 0.5) is 0 Å². The van der Waals surface area contributed by atoms with Crippen LogP contribution in [0.1, 0.15) is 33.6 Å². The zero-order valence-electron chi connectivity index (χ0n) is 9.49. The van der Waals surface area contributed by atoms with Crippen LogP contribution in [0.5, 0.6) is 0 Å². The van der Waals surface area contributed by atoms with Gasteiger partial charge in [-0.15, -0.1) is 0 Å². The number of thiol groups is 1. The van der Waals surface area contributed by atoms with Gasteiger partial charge in [0.25, 0.3) is 0 Å². The van der Waals surface area contributed by atoms with Gasteiger partial charge in [-0.25, -0.2) is 12.7 Å². The molecule has 5 heteroatoms. The zero-order chi connectivity index (χ0) is 11.4. The Bertz CT molecular complexity index is 225. The maximum atomic E-state index is 10.6. The number of hydrogen-bond donors (Lipinski definition) is 2. The molecule has 14 heavy (non-hydrogen) atoms. The molecule has 0 radical (unpaired) electrons. The molecular weight excluding hydrogens is 200 g/mol. The predicted molar refractivity (Wildman–Crippen MR) is 59.6 cm³/mol. The Hall–Kier alpha value is -0.130. The Balaban J connectivity index is 4.16. The zero-order valence-corrected chi connectivity index (χ0v) is 10.4. The first kappa shape index (κ1) is 13.9. The smallest absolute Gasteiger partial charge is 0.203 e. The lowest BCUT2D eigenvalue weighted by Gasteiger charge is -2.26. The van der Waals surface area contributed by atoms with E-state index in [1.807, 2.05) is 13.8 Å². The van der Waals surface area contributed by atoms with Crippen molar-refractivity contribution < 1.29 is 8.42 Å². The minimum absolute atomic E-state index is 0.226. The standard InChI is InChI=1S/C9H22N2O2S/c1-5-8(6-9(2,3)10)7-11(4)14(12)13/h8,14H,5-7,10H2,1-4H3. The van der Waals surface area contributed by atoms with Crippen LogP contribution in [0.3, 0.4) is 0 Å². The van der Waals surface area contributed by atoms with Gasteiger partial charge in [0.15, 0.2) is 0 Å². The summed E-state index contributed by atoms with van der Waals surface area (Å²) in [6, 6.07) is 0. The summed E-state index contributed by atoms with van der Waals surface area (Å²) in [4.78, 5) is 0. The Morgan fingerprint density at radius 2 is 1.93 bits per heavy atom. The fourth-order valence-electron chi connectivity index (χ4n) is 1.52. The van der Waals surface area contributed by atoms with Crippen molar-refractivity contribution in [1.29, 1.82) is 0 Å². The fraction of sp³-hybridized carbons (Fsp3) is 1.00. The minimum atomic E-state index is -2.45. The second-order valence-electron chi connectivity index (χ2n) is 4.55. The van der Waals surface area contributed by atoms with Crippen LogP contribution in [-0.2, 0) is 10.9 Å². The Morgan fingerprint density at radius 3 is 2.21 bits per heavy atom. The summed E-state index contributed by atoms with van der Waals surface area (Å²) in [7, 11) is -0.854. The van der Waals surface area contributed by atoms with E-state index in [0.29, 0.717) is 12.5 Å². The molecule has 0 aromatic carbocycles. The van der Waals surface area contributed by atoms with Gasteiger partial charge in [-0.3, -0.25) is 0 Å². The summed E-state index contributed by atoms with van der Waals surface area (Å²) in [6.45, 7) is 6.55. The second-order valence-corrected chi connectivity index (χ2v) is 5.70. The van der Waals surface area contributed by atoms with Gasteiger partial charge >= 0.3 is 0 Å². The van der Waals surface area contributed by atoms with E-state index < -0.39 is 10.9 Å². The van der Waals surface area contributed by atoms with Gasteiger partial charge in [0, 0.05) is 19.1 Å². The van der Waals surface area contributed by atoms with Crippen LogP contribution in [0.25, 0.3) is 0 Å². The molecule has 0 aromatic heterocycles. The van der Waals surface area contributed by atoms with Gasteiger partial charge < -0.3 is 5.73 Å². The summed E-state index contributed by atoms with van der Waals surface area (Å²) in [5, 5.41) is 0. The van der Waals surface area contributed by atoms with Crippen LogP contribution >= 0.6 is 0 Å². The molecule has 0 aromatic rings. The van der Waals surface area contributed by atoms with E-state index in [1.165, 1.54) is 4.31 Å². The van der Waals surface area contributed by atoms with Crippen molar-refractivity contribution in [2.24, 2.45) is 11.7 Å². The molecule has 4 nitrogen and oxygen atoms in total. The maximum absolute atomic E-state index is 10.6. The molecule has 1 atom stereocenters. The molecule has 0 heterocycles. The second kappa shape index (κ2) is 5.68. The van der Waals surface area contributed by atoms with Crippen molar-refractivity contribution in [3.8, 4) is 0 Å². The molecule has 0 bridgehead atoms. The average molecular weight is 222 g/mol. The highest BCUT2D eigenvalue weighted by Gasteiger charge is 2.19. The van der Waals surface area contributed by atoms with Crippen molar-refractivity contribution in [3.63, 3.8) is 0 Å². The number of hydrogen-bond acceptors (Lipinski definition) is 3. The van der Waals surface area contributed by atoms with E-state index in [-0.39, 0.29) is 5.54 Å². The van der Waals surface area contributed by atoms with Crippen molar-refractivity contribution in [2.45, 2.75) is 39.2 Å². The van der Waals surface area contributed by atoms with E-state index >= 15 is 0 Å². The van der Waals surface area contributed by atoms with Gasteiger partial charge in [0.1, 0.15) is 0 Å². The van der Waals surface area contributed by atoms with Gasteiger partial charge in [-0.1, -0.05) is 13.3 Å². The van der Waals surface area contributed by atoms with Crippen LogP contribution < -0.4 is 5.73 Å². The van der Waals surface area contributed by atoms with Gasteiger partial charge in [0.2, 0.25) is 10.9 Å². The van der Waals surface area contributed by atoms with Gasteiger partial charge in [0.05, 0.1) is 0 Å². The summed E-state index contributed by atoms with van der Waals surface area (Å²) < 4.78 is 22.7. The molecule has 1 unspecified atom stereocenters. The minimum Gasteiger partial charge on any atom is -0.326 e. The first-order valence-corrected chi connectivity index (χ1v) is 6.03. The topological polar surface area (TPSA) is 63.4 Å². The SMILES string of the molecule is CCC(CN(C)[SH](=O)=O)CC(C)(C)N. The average Bonchev–Trinajstić information content (AvgIpc) is 2.00. The molecule has 0 aliphatic heterocycles. The number of nitrogens with two attached hydrogens (primary N) is 1. The lowest BCUT2D eigenvalue weighted by Crippen LogP contribution is -2.37. The number of rotatable bonds is 6. The molecule has 0 fully saturated rings. The number of nitrogens with zero attached hydrogens (tertiary/aromatic N) is 1. The van der Waals surface area contributed by atoms with E-state index in [9.17, 15) is 8.42 Å². The molecule has 0 amide bonds. The van der Waals surface area contributed by atoms with E-state index in [2.05, 4.69) is 6.92 Å². The van der Waals surface area contributed by atoms with Gasteiger partial charge in [-0.2, -0.15) is 0 Å². The van der Waals surface area contributed by atoms with Crippen molar-refractivity contribution >= 4 is 10.9 Å². The van der Waals surface area contributed by atoms with Crippen molar-refractivity contribution in [1.82, 2.24) is 4.31 Å². The van der Waals surface area contributed by atoms with Crippen LogP contribution in [0.2, 0.25) is 0 Å². The summed E-state index contributed by atoms with van der Waals surface area (Å²) in [5.74, 6) is 0.341. The molecule has 0 saturated carbocycles. The maximum Gasteiger partial charge on any atom is 0.203 e. The predicted octanol–water partition coefficient (Wildman–Crippen LogP) is 0.598. The fourth-order valence-corrected chi connectivity index (χ4v) is 1.89. The Kier molecular flexibility index (Phi) is 5.63. The third-order valence-corrected chi connectivity index (χ3v) is 2.91. The first-order valence-electron chi connectivity index (χ1n) is 4.90. The van der Waals surface area contributed by atoms with Crippen LogP contribution in [0, 0.1) is 5.92 Å². The molecule has 0 saturated heterocycles. The lowest BCUT2D eigenvalue weighted by atomic mass is 9.90. The van der Waals surface area contributed by atoms with Crippen molar-refractivity contribution in [3.05, 3.63) is 0 Å². The first-order chi connectivity index (χ1) is 6.26. The molecule has 0 rings (SSSR count). The molecule has 0 aliphatic rings. The molecule has 0 spiro atoms. The lowest BCUT2D eigenvalue weighted by molar-refractivity contribution is 0.304.